The van der Waals surface area contributed by atoms with E-state index in [1.807, 2.05) is 0 Å². The van der Waals surface area contributed by atoms with Crippen molar-refractivity contribution in [3.63, 3.8) is 0 Å². The molecule has 0 aliphatic carbocycles. The first-order valence-electron chi connectivity index (χ1n) is 5.82. The number of benzene rings is 2. The molecule has 4 heteroatoms. The Morgan fingerprint density at radius 3 is 2.32 bits per heavy atom. The summed E-state index contributed by atoms with van der Waals surface area (Å²) in [6.45, 7) is 0. The van der Waals surface area contributed by atoms with Crippen LogP contribution in [0.3, 0.4) is 0 Å². The molecule has 0 amide bonds. The van der Waals surface area contributed by atoms with E-state index in [4.69, 9.17) is 4.74 Å². The van der Waals surface area contributed by atoms with Crippen molar-refractivity contribution in [2.45, 2.75) is 6.10 Å². The maximum Gasteiger partial charge on any atom is 0.136 e. The first-order chi connectivity index (χ1) is 9.15. The lowest BCUT2D eigenvalue weighted by Gasteiger charge is -2.23. The number of aromatic hydroxyl groups is 2. The topological polar surface area (TPSA) is 69.9 Å². The van der Waals surface area contributed by atoms with Crippen LogP contribution >= 0.6 is 0 Å². The monoisotopic (exact) mass is 256 g/mol. The summed E-state index contributed by atoms with van der Waals surface area (Å²) in [5.41, 5.74) is 1.98. The Kier molecular flexibility index (Phi) is 2.65. The van der Waals surface area contributed by atoms with Gasteiger partial charge in [0.1, 0.15) is 23.4 Å². The van der Waals surface area contributed by atoms with E-state index < -0.39 is 6.10 Å². The van der Waals surface area contributed by atoms with Gasteiger partial charge in [-0.05, 0) is 29.8 Å². The summed E-state index contributed by atoms with van der Waals surface area (Å²) in [6, 6.07) is 11.1. The number of aliphatic hydroxyl groups excluding tert-OH is 1. The summed E-state index contributed by atoms with van der Waals surface area (Å²) in [4.78, 5) is 0. The van der Waals surface area contributed by atoms with Gasteiger partial charge in [-0.3, -0.25) is 0 Å². The predicted octanol–water partition coefficient (Wildman–Crippen LogP) is 2.56. The van der Waals surface area contributed by atoms with Gasteiger partial charge in [0.25, 0.3) is 0 Å². The van der Waals surface area contributed by atoms with Crippen molar-refractivity contribution in [1.29, 1.82) is 0 Å². The van der Waals surface area contributed by atoms with E-state index in [0.29, 0.717) is 16.9 Å². The minimum absolute atomic E-state index is 0.0902. The molecule has 2 aromatic carbocycles. The van der Waals surface area contributed by atoms with Gasteiger partial charge in [-0.2, -0.15) is 0 Å². The lowest BCUT2D eigenvalue weighted by Crippen LogP contribution is -2.09. The van der Waals surface area contributed by atoms with E-state index in [9.17, 15) is 15.3 Å². The van der Waals surface area contributed by atoms with E-state index in [-0.39, 0.29) is 11.5 Å². The first kappa shape index (κ1) is 11.6. The second kappa shape index (κ2) is 4.33. The van der Waals surface area contributed by atoms with Gasteiger partial charge in [0, 0.05) is 17.2 Å². The second-order valence-electron chi connectivity index (χ2n) is 4.36. The zero-order valence-electron chi connectivity index (χ0n) is 9.95. The highest BCUT2D eigenvalue weighted by atomic mass is 16.5. The standard InChI is InChI=1S/C15H12O4/c16-10-3-1-9(2-4-10)13-8-19-14-7-11(17)5-6-12(14)15(13)18/h1-8,15-18H/t15-/m1/s1. The Hall–Kier alpha value is -2.46. The Morgan fingerprint density at radius 2 is 1.58 bits per heavy atom. The molecule has 96 valence electrons. The zero-order valence-corrected chi connectivity index (χ0v) is 9.95. The minimum atomic E-state index is -0.825. The van der Waals surface area contributed by atoms with Gasteiger partial charge >= 0.3 is 0 Å². The van der Waals surface area contributed by atoms with Crippen LogP contribution < -0.4 is 4.74 Å². The number of aliphatic hydroxyl groups is 1. The second-order valence-corrected chi connectivity index (χ2v) is 4.36. The third-order valence-corrected chi connectivity index (χ3v) is 3.10. The minimum Gasteiger partial charge on any atom is -0.508 e. The fourth-order valence-corrected chi connectivity index (χ4v) is 2.09. The van der Waals surface area contributed by atoms with Crippen molar-refractivity contribution < 1.29 is 20.1 Å². The molecule has 0 fully saturated rings. The first-order valence-corrected chi connectivity index (χ1v) is 5.82. The lowest BCUT2D eigenvalue weighted by atomic mass is 9.94. The van der Waals surface area contributed by atoms with E-state index >= 15 is 0 Å². The molecular formula is C15H12O4. The van der Waals surface area contributed by atoms with Gasteiger partial charge in [-0.15, -0.1) is 0 Å². The van der Waals surface area contributed by atoms with Crippen molar-refractivity contribution in [3.05, 3.63) is 59.9 Å². The van der Waals surface area contributed by atoms with Crippen molar-refractivity contribution in [1.82, 2.24) is 0 Å². The highest BCUT2D eigenvalue weighted by Crippen LogP contribution is 2.40. The third-order valence-electron chi connectivity index (χ3n) is 3.10. The molecule has 1 aliphatic rings. The van der Waals surface area contributed by atoms with Gasteiger partial charge in [-0.25, -0.2) is 0 Å². The van der Waals surface area contributed by atoms with Gasteiger partial charge in [0.15, 0.2) is 0 Å². The molecule has 1 heterocycles. The number of fused-ring (bicyclic) bond motifs is 1. The normalized spacial score (nSPS) is 17.3. The highest BCUT2D eigenvalue weighted by Gasteiger charge is 2.24. The number of ether oxygens (including phenoxy) is 1. The molecule has 2 aromatic rings. The fraction of sp³-hybridized carbons (Fsp3) is 0.0667. The molecule has 3 N–H and O–H groups in total. The van der Waals surface area contributed by atoms with E-state index in [0.717, 1.165) is 5.56 Å². The van der Waals surface area contributed by atoms with Crippen LogP contribution in [0.2, 0.25) is 0 Å². The molecule has 0 saturated heterocycles. The fourth-order valence-electron chi connectivity index (χ4n) is 2.09. The zero-order chi connectivity index (χ0) is 13.4. The molecule has 19 heavy (non-hydrogen) atoms. The Bertz CT molecular complexity index is 644. The largest absolute Gasteiger partial charge is 0.508 e. The van der Waals surface area contributed by atoms with E-state index in [2.05, 4.69) is 0 Å². The maximum absolute atomic E-state index is 10.3. The van der Waals surface area contributed by atoms with Crippen LogP contribution in [0.15, 0.2) is 48.7 Å². The lowest BCUT2D eigenvalue weighted by molar-refractivity contribution is 0.224. The molecule has 4 nitrogen and oxygen atoms in total. The van der Waals surface area contributed by atoms with Crippen molar-refractivity contribution in [2.75, 3.05) is 0 Å². The summed E-state index contributed by atoms with van der Waals surface area (Å²) < 4.78 is 5.43. The van der Waals surface area contributed by atoms with Crippen LogP contribution in [-0.2, 0) is 0 Å². The van der Waals surface area contributed by atoms with Crippen LogP contribution in [0.25, 0.3) is 5.57 Å². The quantitative estimate of drug-likeness (QED) is 0.733. The molecule has 0 unspecified atom stereocenters. The number of rotatable bonds is 1. The van der Waals surface area contributed by atoms with Crippen molar-refractivity contribution in [3.8, 4) is 17.2 Å². The number of phenols is 2. The summed E-state index contributed by atoms with van der Waals surface area (Å²) in [5, 5.41) is 29.0. The molecule has 0 bridgehead atoms. The number of hydrogen-bond donors (Lipinski definition) is 3. The van der Waals surface area contributed by atoms with Gasteiger partial charge < -0.3 is 20.1 Å². The Labute approximate surface area is 109 Å². The summed E-state index contributed by atoms with van der Waals surface area (Å²) in [6.07, 6.45) is 0.632. The van der Waals surface area contributed by atoms with Crippen LogP contribution in [-0.4, -0.2) is 15.3 Å². The molecule has 0 saturated carbocycles. The van der Waals surface area contributed by atoms with E-state index in [1.54, 1.807) is 30.3 Å². The summed E-state index contributed by atoms with van der Waals surface area (Å²) >= 11 is 0. The molecule has 0 aromatic heterocycles. The van der Waals surface area contributed by atoms with Crippen LogP contribution in [0.1, 0.15) is 17.2 Å². The van der Waals surface area contributed by atoms with Crippen LogP contribution in [0, 0.1) is 0 Å². The Morgan fingerprint density at radius 1 is 0.895 bits per heavy atom. The highest BCUT2D eigenvalue weighted by molar-refractivity contribution is 5.73. The number of hydrogen-bond acceptors (Lipinski definition) is 4. The summed E-state index contributed by atoms with van der Waals surface area (Å²) in [5.74, 6) is 0.698. The molecule has 3 rings (SSSR count). The predicted molar refractivity (Wildman–Crippen MR) is 69.8 cm³/mol. The van der Waals surface area contributed by atoms with Crippen molar-refractivity contribution >= 4 is 5.57 Å². The number of phenolic OH excluding ortho intramolecular Hbond substituents is 2. The Balaban J connectivity index is 2.00. The molecule has 0 radical (unpaired) electrons. The summed E-state index contributed by atoms with van der Waals surface area (Å²) in [7, 11) is 0. The van der Waals surface area contributed by atoms with E-state index in [1.165, 1.54) is 18.4 Å². The third kappa shape index (κ3) is 2.02. The molecule has 1 aliphatic heterocycles. The van der Waals surface area contributed by atoms with Gasteiger partial charge in [0.05, 0.1) is 6.26 Å². The molecule has 0 spiro atoms. The smallest absolute Gasteiger partial charge is 0.136 e. The maximum atomic E-state index is 10.3. The average molecular weight is 256 g/mol. The van der Waals surface area contributed by atoms with Crippen LogP contribution in [0.5, 0.6) is 17.2 Å². The van der Waals surface area contributed by atoms with Crippen molar-refractivity contribution in [2.24, 2.45) is 0 Å². The molecular weight excluding hydrogens is 244 g/mol. The SMILES string of the molecule is Oc1ccc(C2=COc3cc(O)ccc3[C@H]2O)cc1. The van der Waals surface area contributed by atoms with Gasteiger partial charge in [0.2, 0.25) is 0 Å². The van der Waals surface area contributed by atoms with Gasteiger partial charge in [-0.1, -0.05) is 12.1 Å². The molecule has 1 atom stereocenters. The average Bonchev–Trinajstić information content (AvgIpc) is 2.40. The van der Waals surface area contributed by atoms with Crippen LogP contribution in [0.4, 0.5) is 0 Å².